The predicted molar refractivity (Wildman–Crippen MR) is 92.1 cm³/mol. The Bertz CT molecular complexity index is 408. The Labute approximate surface area is 140 Å². The van der Waals surface area contributed by atoms with Gasteiger partial charge in [-0.1, -0.05) is 31.2 Å². The van der Waals surface area contributed by atoms with Gasteiger partial charge in [0.25, 0.3) is 0 Å². The van der Waals surface area contributed by atoms with Crippen LogP contribution in [0.2, 0.25) is 0 Å². The first-order valence-electron chi connectivity index (χ1n) is 8.28. The number of ether oxygens (including phenoxy) is 1. The monoisotopic (exact) mass is 326 g/mol. The van der Waals surface area contributed by atoms with Crippen molar-refractivity contribution >= 4 is 11.9 Å². The van der Waals surface area contributed by atoms with E-state index in [0.29, 0.717) is 17.4 Å². The number of rotatable bonds is 12. The molecular formula is C18H32NO4+. The number of carbonyl (C=O) groups is 2. The van der Waals surface area contributed by atoms with E-state index in [4.69, 9.17) is 9.84 Å². The van der Waals surface area contributed by atoms with Gasteiger partial charge in [-0.25, -0.2) is 0 Å². The molecule has 0 heterocycles. The van der Waals surface area contributed by atoms with Crippen molar-refractivity contribution < 1.29 is 23.9 Å². The minimum atomic E-state index is -0.943. The second-order valence-electron chi connectivity index (χ2n) is 6.69. The van der Waals surface area contributed by atoms with E-state index in [-0.39, 0.29) is 12.4 Å². The van der Waals surface area contributed by atoms with Crippen LogP contribution in [0.1, 0.15) is 45.4 Å². The van der Waals surface area contributed by atoms with Crippen molar-refractivity contribution in [1.29, 1.82) is 0 Å². The fraction of sp³-hybridized carbons (Fsp3) is 0.667. The van der Waals surface area contributed by atoms with Gasteiger partial charge in [-0.05, 0) is 25.7 Å². The molecule has 5 heteroatoms. The van der Waals surface area contributed by atoms with Gasteiger partial charge in [0.2, 0.25) is 0 Å². The van der Waals surface area contributed by atoms with Crippen molar-refractivity contribution in [3.8, 4) is 0 Å². The largest absolute Gasteiger partial charge is 0.481 e. The van der Waals surface area contributed by atoms with E-state index in [1.165, 1.54) is 0 Å². The van der Waals surface area contributed by atoms with Crippen LogP contribution in [0.25, 0.3) is 0 Å². The number of likely N-dealkylation sites (N-methyl/N-ethyl adjacent to an activating group) is 1. The second-order valence-corrected chi connectivity index (χ2v) is 6.69. The number of carboxylic acid groups (broad SMARTS) is 1. The van der Waals surface area contributed by atoms with Crippen molar-refractivity contribution in [3.05, 3.63) is 24.3 Å². The number of allylic oxidation sites excluding steroid dienone is 4. The summed E-state index contributed by atoms with van der Waals surface area (Å²) in [6.45, 7) is 2.58. The smallest absolute Gasteiger partial charge is 0.307 e. The molecule has 0 aliphatic rings. The van der Waals surface area contributed by atoms with Crippen LogP contribution in [0.5, 0.6) is 0 Å². The summed E-state index contributed by atoms with van der Waals surface area (Å²) >= 11 is 0. The zero-order valence-electron chi connectivity index (χ0n) is 15.0. The molecule has 1 N–H and O–H groups in total. The van der Waals surface area contributed by atoms with Gasteiger partial charge in [-0.2, -0.15) is 0 Å². The minimum Gasteiger partial charge on any atom is -0.481 e. The SMILES string of the molecule is CC/C=C/C=C/CCCCC(=O)OC(CC(=O)O)C[N+](C)(C)C. The van der Waals surface area contributed by atoms with Gasteiger partial charge < -0.3 is 14.3 Å². The fourth-order valence-electron chi connectivity index (χ4n) is 2.11. The number of carbonyl (C=O) groups excluding carboxylic acids is 1. The molecule has 0 fully saturated rings. The molecule has 0 saturated heterocycles. The maximum atomic E-state index is 11.8. The van der Waals surface area contributed by atoms with E-state index in [1.54, 1.807) is 0 Å². The summed E-state index contributed by atoms with van der Waals surface area (Å²) in [5, 5.41) is 8.92. The minimum absolute atomic E-state index is 0.145. The quantitative estimate of drug-likeness (QED) is 0.259. The number of quaternary nitrogens is 1. The summed E-state index contributed by atoms with van der Waals surface area (Å²) in [7, 11) is 5.84. The highest BCUT2D eigenvalue weighted by Crippen LogP contribution is 2.09. The van der Waals surface area contributed by atoms with Crippen molar-refractivity contribution in [3.63, 3.8) is 0 Å². The molecule has 1 unspecified atom stereocenters. The van der Waals surface area contributed by atoms with E-state index in [2.05, 4.69) is 19.1 Å². The highest BCUT2D eigenvalue weighted by Gasteiger charge is 2.24. The highest BCUT2D eigenvalue weighted by molar-refractivity contribution is 5.71. The zero-order valence-corrected chi connectivity index (χ0v) is 15.0. The maximum absolute atomic E-state index is 11.8. The molecule has 23 heavy (non-hydrogen) atoms. The zero-order chi connectivity index (χ0) is 17.7. The summed E-state index contributed by atoms with van der Waals surface area (Å²) in [6.07, 6.45) is 11.5. The van der Waals surface area contributed by atoms with Gasteiger partial charge in [-0.3, -0.25) is 9.59 Å². The van der Waals surface area contributed by atoms with Crippen molar-refractivity contribution in [2.75, 3.05) is 27.7 Å². The first kappa shape index (κ1) is 21.4. The molecule has 5 nitrogen and oxygen atoms in total. The van der Waals surface area contributed by atoms with Gasteiger partial charge in [0.05, 0.1) is 27.6 Å². The summed E-state index contributed by atoms with van der Waals surface area (Å²) in [4.78, 5) is 22.7. The van der Waals surface area contributed by atoms with Crippen molar-refractivity contribution in [1.82, 2.24) is 0 Å². The van der Waals surface area contributed by atoms with Gasteiger partial charge >= 0.3 is 11.9 Å². The van der Waals surface area contributed by atoms with Gasteiger partial charge in [-0.15, -0.1) is 0 Å². The van der Waals surface area contributed by atoms with Crippen LogP contribution in [-0.4, -0.2) is 55.3 Å². The van der Waals surface area contributed by atoms with E-state index < -0.39 is 12.1 Å². The van der Waals surface area contributed by atoms with Crippen molar-refractivity contribution in [2.45, 2.75) is 51.6 Å². The Morgan fingerprint density at radius 2 is 1.78 bits per heavy atom. The lowest BCUT2D eigenvalue weighted by Gasteiger charge is -2.28. The number of carboxylic acids is 1. The molecular weight excluding hydrogens is 294 g/mol. The number of nitrogens with zero attached hydrogens (tertiary/aromatic N) is 1. The summed E-state index contributed by atoms with van der Waals surface area (Å²) in [5.74, 6) is -1.25. The molecule has 1 atom stereocenters. The summed E-state index contributed by atoms with van der Waals surface area (Å²) in [6, 6.07) is 0. The van der Waals surface area contributed by atoms with Gasteiger partial charge in [0.15, 0.2) is 6.10 Å². The Kier molecular flexibility index (Phi) is 11.0. The molecule has 0 aromatic rings. The number of esters is 1. The third kappa shape index (κ3) is 15.1. The normalized spacial score (nSPS) is 13.6. The Morgan fingerprint density at radius 1 is 1.13 bits per heavy atom. The molecule has 132 valence electrons. The first-order chi connectivity index (χ1) is 10.7. The molecule has 0 aromatic heterocycles. The number of hydrogen-bond donors (Lipinski definition) is 1. The molecule has 0 spiro atoms. The Morgan fingerprint density at radius 3 is 2.35 bits per heavy atom. The standard InChI is InChI=1S/C18H31NO4/c1-5-6-7-8-9-10-11-12-13-18(22)23-16(14-17(20)21)15-19(2,3)4/h6-9,16H,5,10-15H2,1-4H3/p+1/b7-6+,9-8+. The number of aliphatic carboxylic acids is 1. The van der Waals surface area contributed by atoms with Crippen LogP contribution in [0.4, 0.5) is 0 Å². The van der Waals surface area contributed by atoms with E-state index >= 15 is 0 Å². The molecule has 0 aliphatic heterocycles. The average Bonchev–Trinajstić information content (AvgIpc) is 2.39. The van der Waals surface area contributed by atoms with Crippen LogP contribution in [0, 0.1) is 0 Å². The van der Waals surface area contributed by atoms with Crippen LogP contribution >= 0.6 is 0 Å². The van der Waals surface area contributed by atoms with Gasteiger partial charge in [0, 0.05) is 6.42 Å². The summed E-state index contributed by atoms with van der Waals surface area (Å²) < 4.78 is 5.89. The maximum Gasteiger partial charge on any atom is 0.307 e. The fourth-order valence-corrected chi connectivity index (χ4v) is 2.11. The van der Waals surface area contributed by atoms with Crippen LogP contribution < -0.4 is 0 Å². The van der Waals surface area contributed by atoms with Crippen LogP contribution in [0.15, 0.2) is 24.3 Å². The number of hydrogen-bond acceptors (Lipinski definition) is 3. The highest BCUT2D eigenvalue weighted by atomic mass is 16.5. The third-order valence-corrected chi connectivity index (χ3v) is 3.07. The molecule has 0 aromatic carbocycles. The average molecular weight is 326 g/mol. The topological polar surface area (TPSA) is 63.6 Å². The van der Waals surface area contributed by atoms with Crippen LogP contribution in [-0.2, 0) is 14.3 Å². The molecule has 0 radical (unpaired) electrons. The third-order valence-electron chi connectivity index (χ3n) is 3.07. The predicted octanol–water partition coefficient (Wildman–Crippen LogP) is 3.16. The first-order valence-corrected chi connectivity index (χ1v) is 8.28. The van der Waals surface area contributed by atoms with E-state index in [9.17, 15) is 9.59 Å². The lowest BCUT2D eigenvalue weighted by molar-refractivity contribution is -0.873. The lowest BCUT2D eigenvalue weighted by Crippen LogP contribution is -2.43. The van der Waals surface area contributed by atoms with E-state index in [1.807, 2.05) is 33.3 Å². The molecule has 0 saturated carbocycles. The second kappa shape index (κ2) is 11.9. The Balaban J connectivity index is 4.05. The number of unbranched alkanes of at least 4 members (excludes halogenated alkanes) is 2. The molecule has 0 rings (SSSR count). The molecule has 0 bridgehead atoms. The lowest BCUT2D eigenvalue weighted by atomic mass is 10.2. The summed E-state index contributed by atoms with van der Waals surface area (Å²) in [5.41, 5.74) is 0. The van der Waals surface area contributed by atoms with E-state index in [0.717, 1.165) is 25.7 Å². The van der Waals surface area contributed by atoms with Crippen molar-refractivity contribution in [2.24, 2.45) is 0 Å². The molecule has 0 aliphatic carbocycles. The van der Waals surface area contributed by atoms with Gasteiger partial charge in [0.1, 0.15) is 6.54 Å². The molecule has 0 amide bonds. The Hall–Kier alpha value is -1.62. The van der Waals surface area contributed by atoms with Crippen LogP contribution in [0.3, 0.4) is 0 Å².